The first-order chi connectivity index (χ1) is 10.1. The van der Waals surface area contributed by atoms with Gasteiger partial charge in [-0.3, -0.25) is 4.98 Å². The summed E-state index contributed by atoms with van der Waals surface area (Å²) < 4.78 is 0. The van der Waals surface area contributed by atoms with E-state index >= 15 is 0 Å². The SMILES string of the molecule is Cc1ccc(C(O)C2(C#N)CCc3ccccc3C2)nc1. The van der Waals surface area contributed by atoms with Crippen LogP contribution in [0, 0.1) is 23.7 Å². The van der Waals surface area contributed by atoms with Crippen molar-refractivity contribution in [1.82, 2.24) is 4.98 Å². The number of benzene rings is 1. The van der Waals surface area contributed by atoms with Gasteiger partial charge in [-0.2, -0.15) is 5.26 Å². The molecule has 0 bridgehead atoms. The Labute approximate surface area is 124 Å². The van der Waals surface area contributed by atoms with Crippen LogP contribution in [-0.4, -0.2) is 10.1 Å². The average Bonchev–Trinajstić information content (AvgIpc) is 2.54. The molecule has 0 saturated carbocycles. The molecule has 2 atom stereocenters. The second-order valence-electron chi connectivity index (χ2n) is 5.88. The Balaban J connectivity index is 1.95. The molecule has 0 amide bonds. The monoisotopic (exact) mass is 278 g/mol. The van der Waals surface area contributed by atoms with E-state index in [0.29, 0.717) is 18.5 Å². The molecule has 1 heterocycles. The molecule has 0 aliphatic heterocycles. The highest BCUT2D eigenvalue weighted by atomic mass is 16.3. The number of nitriles is 1. The van der Waals surface area contributed by atoms with Gasteiger partial charge in [0.15, 0.2) is 0 Å². The van der Waals surface area contributed by atoms with Crippen molar-refractivity contribution in [3.05, 3.63) is 65.0 Å². The lowest BCUT2D eigenvalue weighted by Gasteiger charge is -2.35. The highest BCUT2D eigenvalue weighted by Gasteiger charge is 2.42. The molecule has 0 spiro atoms. The maximum atomic E-state index is 10.7. The highest BCUT2D eigenvalue weighted by molar-refractivity contribution is 5.34. The standard InChI is InChI=1S/C18H18N2O/c1-13-6-7-16(20-11-13)17(21)18(12-19)9-8-14-4-2-3-5-15(14)10-18/h2-7,11,17,21H,8-10H2,1H3. The van der Waals surface area contributed by atoms with E-state index in [4.69, 9.17) is 0 Å². The van der Waals surface area contributed by atoms with Gasteiger partial charge >= 0.3 is 0 Å². The third-order valence-electron chi connectivity index (χ3n) is 4.43. The molecule has 2 aromatic rings. The number of nitrogens with zero attached hydrogens (tertiary/aromatic N) is 2. The molecular formula is C18H18N2O. The van der Waals surface area contributed by atoms with Crippen molar-refractivity contribution < 1.29 is 5.11 Å². The number of hydrogen-bond acceptors (Lipinski definition) is 3. The van der Waals surface area contributed by atoms with Crippen LogP contribution in [0.4, 0.5) is 0 Å². The van der Waals surface area contributed by atoms with Crippen molar-refractivity contribution in [2.45, 2.75) is 32.3 Å². The van der Waals surface area contributed by atoms with Crippen molar-refractivity contribution >= 4 is 0 Å². The van der Waals surface area contributed by atoms with Crippen LogP contribution in [0.3, 0.4) is 0 Å². The molecule has 0 fully saturated rings. The molecule has 1 aliphatic carbocycles. The van der Waals surface area contributed by atoms with Crippen molar-refractivity contribution in [2.75, 3.05) is 0 Å². The number of hydrogen-bond donors (Lipinski definition) is 1. The fourth-order valence-electron chi connectivity index (χ4n) is 3.07. The molecule has 106 valence electrons. The van der Waals surface area contributed by atoms with Crippen molar-refractivity contribution in [2.24, 2.45) is 5.41 Å². The Hall–Kier alpha value is -2.18. The summed E-state index contributed by atoms with van der Waals surface area (Å²) in [5, 5.41) is 20.4. The van der Waals surface area contributed by atoms with E-state index in [1.165, 1.54) is 5.56 Å². The molecule has 21 heavy (non-hydrogen) atoms. The molecule has 3 heteroatoms. The fraction of sp³-hybridized carbons (Fsp3) is 0.333. The van der Waals surface area contributed by atoms with E-state index in [1.54, 1.807) is 6.20 Å². The number of rotatable bonds is 2. The molecule has 2 unspecified atom stereocenters. The third kappa shape index (κ3) is 2.43. The van der Waals surface area contributed by atoms with Gasteiger partial charge in [0.05, 0.1) is 17.2 Å². The summed E-state index contributed by atoms with van der Waals surface area (Å²) in [6.45, 7) is 1.96. The van der Waals surface area contributed by atoms with Gasteiger partial charge < -0.3 is 5.11 Å². The number of aliphatic hydroxyl groups excluding tert-OH is 1. The molecule has 1 N–H and O–H groups in total. The van der Waals surface area contributed by atoms with E-state index in [2.05, 4.69) is 23.2 Å². The maximum Gasteiger partial charge on any atom is 0.115 e. The van der Waals surface area contributed by atoms with Crippen LogP contribution in [0.2, 0.25) is 0 Å². The average molecular weight is 278 g/mol. The zero-order chi connectivity index (χ0) is 14.9. The first-order valence-corrected chi connectivity index (χ1v) is 7.23. The summed E-state index contributed by atoms with van der Waals surface area (Å²) >= 11 is 0. The van der Waals surface area contributed by atoms with E-state index in [9.17, 15) is 10.4 Å². The van der Waals surface area contributed by atoms with E-state index in [-0.39, 0.29) is 0 Å². The zero-order valence-corrected chi connectivity index (χ0v) is 12.1. The maximum absolute atomic E-state index is 10.7. The van der Waals surface area contributed by atoms with Crippen molar-refractivity contribution in [3.8, 4) is 6.07 Å². The van der Waals surface area contributed by atoms with E-state index in [1.807, 2.05) is 31.2 Å². The Morgan fingerprint density at radius 3 is 2.67 bits per heavy atom. The molecule has 1 aromatic carbocycles. The van der Waals surface area contributed by atoms with Crippen molar-refractivity contribution in [1.29, 1.82) is 5.26 Å². The topological polar surface area (TPSA) is 56.9 Å². The summed E-state index contributed by atoms with van der Waals surface area (Å²) in [7, 11) is 0. The lowest BCUT2D eigenvalue weighted by atomic mass is 9.68. The molecule has 1 aromatic heterocycles. The number of pyridine rings is 1. The molecule has 0 radical (unpaired) electrons. The van der Waals surface area contributed by atoms with Gasteiger partial charge in [0.25, 0.3) is 0 Å². The van der Waals surface area contributed by atoms with Crippen LogP contribution in [0.15, 0.2) is 42.6 Å². The van der Waals surface area contributed by atoms with Crippen LogP contribution in [-0.2, 0) is 12.8 Å². The number of fused-ring (bicyclic) bond motifs is 1. The Bertz CT molecular complexity index is 687. The van der Waals surface area contributed by atoms with Crippen LogP contribution >= 0.6 is 0 Å². The minimum atomic E-state index is -0.851. The van der Waals surface area contributed by atoms with Crippen LogP contribution in [0.1, 0.15) is 34.9 Å². The fourth-order valence-corrected chi connectivity index (χ4v) is 3.07. The highest BCUT2D eigenvalue weighted by Crippen LogP contribution is 2.43. The smallest absolute Gasteiger partial charge is 0.115 e. The summed E-state index contributed by atoms with van der Waals surface area (Å²) in [4.78, 5) is 4.30. The minimum Gasteiger partial charge on any atom is -0.385 e. The van der Waals surface area contributed by atoms with Crippen LogP contribution in [0.5, 0.6) is 0 Å². The quantitative estimate of drug-likeness (QED) is 0.918. The summed E-state index contributed by atoms with van der Waals surface area (Å²) in [5.41, 5.74) is 3.30. The largest absolute Gasteiger partial charge is 0.385 e. The van der Waals surface area contributed by atoms with E-state index in [0.717, 1.165) is 17.5 Å². The van der Waals surface area contributed by atoms with Gasteiger partial charge in [-0.1, -0.05) is 30.3 Å². The summed E-state index contributed by atoms with van der Waals surface area (Å²) in [6.07, 6.45) is 2.96. The number of aliphatic hydroxyl groups is 1. The predicted octanol–water partition coefficient (Wildman–Crippen LogP) is 3.12. The normalized spacial score (nSPS) is 22.1. The predicted molar refractivity (Wildman–Crippen MR) is 80.4 cm³/mol. The Morgan fingerprint density at radius 1 is 1.24 bits per heavy atom. The molecular weight excluding hydrogens is 260 g/mol. The first kappa shape index (κ1) is 13.8. The number of aryl methyl sites for hydroxylation is 2. The minimum absolute atomic E-state index is 0.580. The van der Waals surface area contributed by atoms with Gasteiger partial charge in [-0.25, -0.2) is 0 Å². The lowest BCUT2D eigenvalue weighted by molar-refractivity contribution is 0.0491. The van der Waals surface area contributed by atoms with Gasteiger partial charge in [0.1, 0.15) is 6.10 Å². The Morgan fingerprint density at radius 2 is 2.00 bits per heavy atom. The van der Waals surface area contributed by atoms with Gasteiger partial charge in [0, 0.05) is 6.20 Å². The van der Waals surface area contributed by atoms with Gasteiger partial charge in [-0.05, 0) is 48.9 Å². The van der Waals surface area contributed by atoms with Crippen molar-refractivity contribution in [3.63, 3.8) is 0 Å². The van der Waals surface area contributed by atoms with Crippen LogP contribution < -0.4 is 0 Å². The first-order valence-electron chi connectivity index (χ1n) is 7.23. The zero-order valence-electron chi connectivity index (χ0n) is 12.1. The second-order valence-corrected chi connectivity index (χ2v) is 5.88. The lowest BCUT2D eigenvalue weighted by Crippen LogP contribution is -2.34. The summed E-state index contributed by atoms with van der Waals surface area (Å²) in [6, 6.07) is 14.3. The Kier molecular flexibility index (Phi) is 3.48. The van der Waals surface area contributed by atoms with Gasteiger partial charge in [0.2, 0.25) is 0 Å². The molecule has 1 aliphatic rings. The molecule has 3 nitrogen and oxygen atoms in total. The molecule has 3 rings (SSSR count). The third-order valence-corrected chi connectivity index (χ3v) is 4.43. The summed E-state index contributed by atoms with van der Waals surface area (Å²) in [5.74, 6) is 0. The molecule has 0 saturated heterocycles. The number of aromatic nitrogens is 1. The van der Waals surface area contributed by atoms with E-state index < -0.39 is 11.5 Å². The second kappa shape index (κ2) is 5.31. The van der Waals surface area contributed by atoms with Crippen LogP contribution in [0.25, 0.3) is 0 Å². The van der Waals surface area contributed by atoms with Gasteiger partial charge in [-0.15, -0.1) is 0 Å².